The van der Waals surface area contributed by atoms with Crippen molar-refractivity contribution in [2.24, 2.45) is 11.3 Å². The lowest BCUT2D eigenvalue weighted by Gasteiger charge is -2.34. The van der Waals surface area contributed by atoms with Crippen molar-refractivity contribution in [1.82, 2.24) is 0 Å². The summed E-state index contributed by atoms with van der Waals surface area (Å²) in [5.41, 5.74) is -0.0669. The molecule has 2 unspecified atom stereocenters. The first kappa shape index (κ1) is 10.7. The SMILES string of the molecule is CC1CCCC(C#N)(Cc2cccs2)C1. The van der Waals surface area contributed by atoms with Gasteiger partial charge in [0.1, 0.15) is 0 Å². The molecule has 0 N–H and O–H groups in total. The maximum Gasteiger partial charge on any atom is 0.0693 e. The quantitative estimate of drug-likeness (QED) is 0.737. The molecule has 0 saturated heterocycles. The molecule has 0 radical (unpaired) electrons. The Morgan fingerprint density at radius 2 is 2.53 bits per heavy atom. The molecular formula is C13H17NS. The summed E-state index contributed by atoms with van der Waals surface area (Å²) in [5, 5.41) is 11.5. The summed E-state index contributed by atoms with van der Waals surface area (Å²) < 4.78 is 0. The third kappa shape index (κ3) is 2.41. The highest BCUT2D eigenvalue weighted by Gasteiger charge is 2.35. The predicted octanol–water partition coefficient (Wildman–Crippen LogP) is 4.01. The molecule has 0 aliphatic heterocycles. The zero-order chi connectivity index (χ0) is 10.7. The van der Waals surface area contributed by atoms with Gasteiger partial charge in [0.25, 0.3) is 0 Å². The maximum absolute atomic E-state index is 9.41. The molecule has 1 aromatic rings. The summed E-state index contributed by atoms with van der Waals surface area (Å²) in [6.07, 6.45) is 5.66. The first-order valence-electron chi connectivity index (χ1n) is 5.68. The van der Waals surface area contributed by atoms with E-state index < -0.39 is 0 Å². The van der Waals surface area contributed by atoms with Gasteiger partial charge in [0, 0.05) is 11.3 Å². The van der Waals surface area contributed by atoms with E-state index in [4.69, 9.17) is 0 Å². The van der Waals surface area contributed by atoms with Gasteiger partial charge in [0.2, 0.25) is 0 Å². The summed E-state index contributed by atoms with van der Waals surface area (Å²) in [5.74, 6) is 0.721. The van der Waals surface area contributed by atoms with Gasteiger partial charge in [0.15, 0.2) is 0 Å². The highest BCUT2D eigenvalue weighted by Crippen LogP contribution is 2.41. The number of nitriles is 1. The number of hydrogen-bond donors (Lipinski definition) is 0. The molecule has 2 rings (SSSR count). The lowest BCUT2D eigenvalue weighted by molar-refractivity contribution is 0.210. The second-order valence-electron chi connectivity index (χ2n) is 4.85. The van der Waals surface area contributed by atoms with Crippen LogP contribution < -0.4 is 0 Å². The average molecular weight is 219 g/mol. The molecule has 0 spiro atoms. The van der Waals surface area contributed by atoms with Gasteiger partial charge in [-0.25, -0.2) is 0 Å². The van der Waals surface area contributed by atoms with E-state index in [2.05, 4.69) is 30.5 Å². The van der Waals surface area contributed by atoms with E-state index in [1.807, 2.05) is 0 Å². The van der Waals surface area contributed by atoms with Crippen LogP contribution >= 0.6 is 11.3 Å². The highest BCUT2D eigenvalue weighted by atomic mass is 32.1. The molecule has 0 amide bonds. The van der Waals surface area contributed by atoms with Crippen molar-refractivity contribution >= 4 is 11.3 Å². The smallest absolute Gasteiger partial charge is 0.0693 e. The Hall–Kier alpha value is -0.810. The molecule has 80 valence electrons. The summed E-state index contributed by atoms with van der Waals surface area (Å²) >= 11 is 1.78. The minimum Gasteiger partial charge on any atom is -0.198 e. The highest BCUT2D eigenvalue weighted by molar-refractivity contribution is 7.09. The molecule has 1 nitrogen and oxygen atoms in total. The van der Waals surface area contributed by atoms with Crippen LogP contribution in [0, 0.1) is 22.7 Å². The number of rotatable bonds is 2. The molecule has 15 heavy (non-hydrogen) atoms. The van der Waals surface area contributed by atoms with Crippen LogP contribution in [0.3, 0.4) is 0 Å². The molecule has 1 aliphatic rings. The topological polar surface area (TPSA) is 23.8 Å². The minimum absolute atomic E-state index is 0.0669. The van der Waals surface area contributed by atoms with E-state index in [-0.39, 0.29) is 5.41 Å². The third-order valence-electron chi connectivity index (χ3n) is 3.42. The zero-order valence-electron chi connectivity index (χ0n) is 9.20. The fraction of sp³-hybridized carbons (Fsp3) is 0.615. The van der Waals surface area contributed by atoms with Crippen molar-refractivity contribution in [3.05, 3.63) is 22.4 Å². The van der Waals surface area contributed by atoms with Crippen LogP contribution in [0.1, 0.15) is 37.5 Å². The molecule has 2 atom stereocenters. The van der Waals surface area contributed by atoms with Crippen LogP contribution in [-0.2, 0) is 6.42 Å². The molecule has 1 aromatic heterocycles. The molecule has 1 fully saturated rings. The lowest BCUT2D eigenvalue weighted by atomic mass is 9.69. The van der Waals surface area contributed by atoms with Gasteiger partial charge in [-0.15, -0.1) is 11.3 Å². The van der Waals surface area contributed by atoms with E-state index in [1.54, 1.807) is 11.3 Å². The van der Waals surface area contributed by atoms with E-state index >= 15 is 0 Å². The fourth-order valence-electron chi connectivity index (χ4n) is 2.71. The summed E-state index contributed by atoms with van der Waals surface area (Å²) in [6, 6.07) is 6.83. The third-order valence-corrected chi connectivity index (χ3v) is 4.30. The standard InChI is InChI=1S/C13H17NS/c1-11-4-2-6-13(8-11,10-14)9-12-5-3-7-15-12/h3,5,7,11H,2,4,6,8-9H2,1H3. The Morgan fingerprint density at radius 1 is 1.67 bits per heavy atom. The predicted molar refractivity (Wildman–Crippen MR) is 63.7 cm³/mol. The van der Waals surface area contributed by atoms with Gasteiger partial charge in [-0.3, -0.25) is 0 Å². The van der Waals surface area contributed by atoms with Crippen LogP contribution in [0.4, 0.5) is 0 Å². The molecule has 0 bridgehead atoms. The molecule has 2 heteroatoms. The van der Waals surface area contributed by atoms with Crippen LogP contribution in [0.5, 0.6) is 0 Å². The van der Waals surface area contributed by atoms with Gasteiger partial charge in [-0.2, -0.15) is 5.26 Å². The monoisotopic (exact) mass is 219 g/mol. The number of nitrogens with zero attached hydrogens (tertiary/aromatic N) is 1. The molecule has 1 saturated carbocycles. The van der Waals surface area contributed by atoms with Crippen LogP contribution in [-0.4, -0.2) is 0 Å². The largest absolute Gasteiger partial charge is 0.198 e. The van der Waals surface area contributed by atoms with Crippen LogP contribution in [0.2, 0.25) is 0 Å². The van der Waals surface area contributed by atoms with E-state index in [0.29, 0.717) is 0 Å². The Morgan fingerprint density at radius 3 is 3.13 bits per heavy atom. The average Bonchev–Trinajstić information content (AvgIpc) is 2.70. The molecule has 1 heterocycles. The van der Waals surface area contributed by atoms with Gasteiger partial charge < -0.3 is 0 Å². The first-order chi connectivity index (χ1) is 7.24. The van der Waals surface area contributed by atoms with E-state index in [1.165, 1.54) is 17.7 Å². The van der Waals surface area contributed by atoms with Crippen molar-refractivity contribution < 1.29 is 0 Å². The lowest BCUT2D eigenvalue weighted by Crippen LogP contribution is -2.28. The van der Waals surface area contributed by atoms with Gasteiger partial charge in [0.05, 0.1) is 11.5 Å². The molecular weight excluding hydrogens is 202 g/mol. The van der Waals surface area contributed by atoms with Crippen molar-refractivity contribution in [3.8, 4) is 6.07 Å². The van der Waals surface area contributed by atoms with Crippen molar-refractivity contribution in [1.29, 1.82) is 5.26 Å². The minimum atomic E-state index is -0.0669. The van der Waals surface area contributed by atoms with Crippen molar-refractivity contribution in [3.63, 3.8) is 0 Å². The van der Waals surface area contributed by atoms with Gasteiger partial charge in [-0.05, 0) is 30.2 Å². The summed E-state index contributed by atoms with van der Waals surface area (Å²) in [7, 11) is 0. The van der Waals surface area contributed by atoms with Crippen molar-refractivity contribution in [2.45, 2.75) is 39.0 Å². The van der Waals surface area contributed by atoms with Gasteiger partial charge >= 0.3 is 0 Å². The second kappa shape index (κ2) is 4.37. The van der Waals surface area contributed by atoms with Crippen molar-refractivity contribution in [2.75, 3.05) is 0 Å². The Balaban J connectivity index is 2.12. The summed E-state index contributed by atoms with van der Waals surface area (Å²) in [4.78, 5) is 1.37. The zero-order valence-corrected chi connectivity index (χ0v) is 10.0. The Kier molecular flexibility index (Phi) is 3.11. The number of thiophene rings is 1. The molecule has 1 aliphatic carbocycles. The first-order valence-corrected chi connectivity index (χ1v) is 6.56. The Bertz CT molecular complexity index is 349. The maximum atomic E-state index is 9.41. The van der Waals surface area contributed by atoms with Crippen LogP contribution in [0.15, 0.2) is 17.5 Å². The summed E-state index contributed by atoms with van der Waals surface area (Å²) in [6.45, 7) is 2.28. The van der Waals surface area contributed by atoms with Gasteiger partial charge in [-0.1, -0.05) is 25.8 Å². The van der Waals surface area contributed by atoms with E-state index in [0.717, 1.165) is 25.2 Å². The molecule has 0 aromatic carbocycles. The number of hydrogen-bond acceptors (Lipinski definition) is 2. The fourth-order valence-corrected chi connectivity index (χ4v) is 3.56. The Labute approximate surface area is 95.7 Å². The van der Waals surface area contributed by atoms with E-state index in [9.17, 15) is 5.26 Å². The van der Waals surface area contributed by atoms with Crippen LogP contribution in [0.25, 0.3) is 0 Å². The normalized spacial score (nSPS) is 31.1. The second-order valence-corrected chi connectivity index (χ2v) is 5.88.